The van der Waals surface area contributed by atoms with Crippen molar-refractivity contribution in [2.24, 2.45) is 0 Å². The summed E-state index contributed by atoms with van der Waals surface area (Å²) >= 11 is 0. The molecule has 1 amide bonds. The third-order valence-corrected chi connectivity index (χ3v) is 6.58. The number of carbonyl (C=O) groups is 1. The summed E-state index contributed by atoms with van der Waals surface area (Å²) in [6, 6.07) is 30.6. The maximum absolute atomic E-state index is 12.9. The second kappa shape index (κ2) is 10.5. The largest absolute Gasteiger partial charge is 0.353 e. The number of hydrogen-bond acceptors (Lipinski definition) is 4. The van der Waals surface area contributed by atoms with Gasteiger partial charge in [-0.3, -0.25) is 4.79 Å². The van der Waals surface area contributed by atoms with Gasteiger partial charge in [0, 0.05) is 49.4 Å². The van der Waals surface area contributed by atoms with Crippen molar-refractivity contribution in [3.05, 3.63) is 113 Å². The van der Waals surface area contributed by atoms with Gasteiger partial charge < -0.3 is 9.80 Å². The van der Waals surface area contributed by atoms with Crippen LogP contribution in [0.1, 0.15) is 22.4 Å². The molecule has 0 radical (unpaired) electrons. The summed E-state index contributed by atoms with van der Waals surface area (Å²) in [7, 11) is 0. The first-order valence-electron chi connectivity index (χ1n) is 12.2. The van der Waals surface area contributed by atoms with Gasteiger partial charge in [-0.1, -0.05) is 91.0 Å². The molecule has 1 aliphatic rings. The summed E-state index contributed by atoms with van der Waals surface area (Å²) in [6.45, 7) is 4.98. The summed E-state index contributed by atoms with van der Waals surface area (Å²) in [5.74, 6) is 1.91. The predicted octanol–water partition coefficient (Wildman–Crippen LogP) is 4.93. The van der Waals surface area contributed by atoms with Gasteiger partial charge in [0.15, 0.2) is 5.82 Å². The SMILES string of the molecule is Cc1nc(-c2ccccc2)nc(N2CCN(C(=O)Cc3ccccc3)CC2)c1Cc1ccccc1. The number of piperazine rings is 1. The zero-order chi connectivity index (χ0) is 24.0. The van der Waals surface area contributed by atoms with E-state index in [-0.39, 0.29) is 5.91 Å². The second-order valence-electron chi connectivity index (χ2n) is 8.99. The summed E-state index contributed by atoms with van der Waals surface area (Å²) in [6.07, 6.45) is 1.23. The first-order chi connectivity index (χ1) is 17.2. The molecule has 0 atom stereocenters. The van der Waals surface area contributed by atoms with E-state index in [2.05, 4.69) is 48.2 Å². The predicted molar refractivity (Wildman–Crippen MR) is 140 cm³/mol. The van der Waals surface area contributed by atoms with Crippen molar-refractivity contribution in [1.29, 1.82) is 0 Å². The van der Waals surface area contributed by atoms with Crippen LogP contribution in [0.4, 0.5) is 5.82 Å². The number of nitrogens with zero attached hydrogens (tertiary/aromatic N) is 4. The third kappa shape index (κ3) is 5.40. The van der Waals surface area contributed by atoms with Crippen LogP contribution < -0.4 is 4.90 Å². The first kappa shape index (κ1) is 22.8. The Bertz CT molecular complexity index is 1270. The van der Waals surface area contributed by atoms with Crippen molar-refractivity contribution in [3.63, 3.8) is 0 Å². The average molecular weight is 463 g/mol. The molecule has 5 heteroatoms. The fraction of sp³-hybridized carbons (Fsp3) is 0.233. The van der Waals surface area contributed by atoms with E-state index >= 15 is 0 Å². The molecule has 1 fully saturated rings. The lowest BCUT2D eigenvalue weighted by Gasteiger charge is -2.36. The van der Waals surface area contributed by atoms with Gasteiger partial charge in [-0.15, -0.1) is 0 Å². The number of hydrogen-bond donors (Lipinski definition) is 0. The lowest BCUT2D eigenvalue weighted by atomic mass is 10.0. The van der Waals surface area contributed by atoms with Crippen molar-refractivity contribution in [2.75, 3.05) is 31.1 Å². The Labute approximate surface area is 207 Å². The Balaban J connectivity index is 1.39. The Morgan fingerprint density at radius 2 is 1.31 bits per heavy atom. The summed E-state index contributed by atoms with van der Waals surface area (Å²) in [5.41, 5.74) is 5.47. The topological polar surface area (TPSA) is 49.3 Å². The molecule has 0 N–H and O–H groups in total. The molecule has 0 spiro atoms. The van der Waals surface area contributed by atoms with E-state index in [0.29, 0.717) is 19.5 Å². The first-order valence-corrected chi connectivity index (χ1v) is 12.2. The highest BCUT2D eigenvalue weighted by Gasteiger charge is 2.25. The molecule has 3 aromatic carbocycles. The second-order valence-corrected chi connectivity index (χ2v) is 8.99. The van der Waals surface area contributed by atoms with Gasteiger partial charge in [-0.2, -0.15) is 0 Å². The Morgan fingerprint density at radius 1 is 0.743 bits per heavy atom. The van der Waals surface area contributed by atoms with Gasteiger partial charge in [0.25, 0.3) is 0 Å². The smallest absolute Gasteiger partial charge is 0.227 e. The van der Waals surface area contributed by atoms with Gasteiger partial charge >= 0.3 is 0 Å². The fourth-order valence-electron chi connectivity index (χ4n) is 4.62. The average Bonchev–Trinajstić information content (AvgIpc) is 2.91. The molecular formula is C30H30N4O. The number of rotatable bonds is 6. The minimum absolute atomic E-state index is 0.184. The maximum atomic E-state index is 12.9. The number of aromatic nitrogens is 2. The van der Waals surface area contributed by atoms with Crippen LogP contribution in [0.3, 0.4) is 0 Å². The standard InChI is InChI=1S/C30H30N4O/c1-23-27(21-24-11-5-2-6-12-24)30(32-29(31-23)26-15-9-4-10-16-26)34-19-17-33(18-20-34)28(35)22-25-13-7-3-8-14-25/h2-16H,17-22H2,1H3. The van der Waals surface area contributed by atoms with Gasteiger partial charge in [-0.25, -0.2) is 9.97 Å². The van der Waals surface area contributed by atoms with Crippen molar-refractivity contribution >= 4 is 11.7 Å². The maximum Gasteiger partial charge on any atom is 0.227 e. The van der Waals surface area contributed by atoms with E-state index in [4.69, 9.17) is 9.97 Å². The summed E-state index contributed by atoms with van der Waals surface area (Å²) in [5, 5.41) is 0. The van der Waals surface area contributed by atoms with Crippen molar-refractivity contribution < 1.29 is 4.79 Å². The van der Waals surface area contributed by atoms with E-state index in [0.717, 1.165) is 53.5 Å². The molecule has 0 bridgehead atoms. The van der Waals surface area contributed by atoms with Crippen LogP contribution in [-0.2, 0) is 17.6 Å². The number of amides is 1. The number of anilines is 1. The van der Waals surface area contributed by atoms with E-state index < -0.39 is 0 Å². The van der Waals surface area contributed by atoms with Crippen molar-refractivity contribution in [2.45, 2.75) is 19.8 Å². The van der Waals surface area contributed by atoms with Crippen LogP contribution in [0.25, 0.3) is 11.4 Å². The van der Waals surface area contributed by atoms with E-state index in [1.165, 1.54) is 5.56 Å². The molecule has 0 unspecified atom stereocenters. The molecule has 2 heterocycles. The van der Waals surface area contributed by atoms with Crippen LogP contribution in [0, 0.1) is 6.92 Å². The molecular weight excluding hydrogens is 432 g/mol. The highest BCUT2D eigenvalue weighted by molar-refractivity contribution is 5.79. The lowest BCUT2D eigenvalue weighted by Crippen LogP contribution is -2.49. The molecule has 176 valence electrons. The van der Waals surface area contributed by atoms with Crippen molar-refractivity contribution in [1.82, 2.24) is 14.9 Å². The van der Waals surface area contributed by atoms with Gasteiger partial charge in [0.05, 0.1) is 6.42 Å². The number of aryl methyl sites for hydroxylation is 1. The third-order valence-electron chi connectivity index (χ3n) is 6.58. The minimum Gasteiger partial charge on any atom is -0.353 e. The van der Waals surface area contributed by atoms with Gasteiger partial charge in [0.1, 0.15) is 5.82 Å². The number of benzene rings is 3. The minimum atomic E-state index is 0.184. The lowest BCUT2D eigenvalue weighted by molar-refractivity contribution is -0.130. The fourth-order valence-corrected chi connectivity index (χ4v) is 4.62. The van der Waals surface area contributed by atoms with Gasteiger partial charge in [0.2, 0.25) is 5.91 Å². The normalized spacial score (nSPS) is 13.6. The van der Waals surface area contributed by atoms with E-state index in [9.17, 15) is 4.79 Å². The van der Waals surface area contributed by atoms with Crippen LogP contribution >= 0.6 is 0 Å². The van der Waals surface area contributed by atoms with Gasteiger partial charge in [-0.05, 0) is 18.1 Å². The summed E-state index contributed by atoms with van der Waals surface area (Å²) in [4.78, 5) is 27.2. The molecule has 1 saturated heterocycles. The zero-order valence-corrected chi connectivity index (χ0v) is 20.1. The molecule has 1 aliphatic heterocycles. The van der Waals surface area contributed by atoms with Crippen molar-refractivity contribution in [3.8, 4) is 11.4 Å². The van der Waals surface area contributed by atoms with Crippen LogP contribution in [0.15, 0.2) is 91.0 Å². The monoisotopic (exact) mass is 462 g/mol. The van der Waals surface area contributed by atoms with Crippen LogP contribution in [-0.4, -0.2) is 47.0 Å². The van der Waals surface area contributed by atoms with Crippen LogP contribution in [0.5, 0.6) is 0 Å². The Kier molecular flexibility index (Phi) is 6.85. The molecule has 5 nitrogen and oxygen atoms in total. The molecule has 0 saturated carbocycles. The van der Waals surface area contributed by atoms with E-state index in [1.807, 2.05) is 59.5 Å². The number of carbonyl (C=O) groups excluding carboxylic acids is 1. The molecule has 5 rings (SSSR count). The highest BCUT2D eigenvalue weighted by Crippen LogP contribution is 2.28. The van der Waals surface area contributed by atoms with E-state index in [1.54, 1.807) is 0 Å². The summed E-state index contributed by atoms with van der Waals surface area (Å²) < 4.78 is 0. The highest BCUT2D eigenvalue weighted by atomic mass is 16.2. The zero-order valence-electron chi connectivity index (χ0n) is 20.1. The molecule has 1 aromatic heterocycles. The molecule has 35 heavy (non-hydrogen) atoms. The van der Waals surface area contributed by atoms with Crippen LogP contribution in [0.2, 0.25) is 0 Å². The molecule has 4 aromatic rings. The Hall–Kier alpha value is -3.99. The quantitative estimate of drug-likeness (QED) is 0.408. The molecule has 0 aliphatic carbocycles. The Morgan fingerprint density at radius 3 is 1.94 bits per heavy atom.